The Bertz CT molecular complexity index is 555. The fourth-order valence-corrected chi connectivity index (χ4v) is 1.38. The summed E-state index contributed by atoms with van der Waals surface area (Å²) in [5.74, 6) is -0.676. The number of carboxylic acids is 1. The van der Waals surface area contributed by atoms with Crippen molar-refractivity contribution in [3.05, 3.63) is 47.9 Å². The molecule has 1 aromatic heterocycles. The Balaban J connectivity index is 2.28. The number of aryl methyl sites for hydroxylation is 1. The van der Waals surface area contributed by atoms with E-state index in [1.54, 1.807) is 0 Å². The van der Waals surface area contributed by atoms with Crippen LogP contribution >= 0.6 is 0 Å². The van der Waals surface area contributed by atoms with Gasteiger partial charge >= 0.3 is 5.97 Å². The molecule has 0 aliphatic carbocycles. The second-order valence-corrected chi connectivity index (χ2v) is 3.53. The summed E-state index contributed by atoms with van der Waals surface area (Å²) in [4.78, 5) is 18.5. The molecule has 86 valence electrons. The molecule has 0 unspecified atom stereocenters. The maximum Gasteiger partial charge on any atom is 0.356 e. The predicted molar refractivity (Wildman–Crippen MR) is 63.5 cm³/mol. The van der Waals surface area contributed by atoms with E-state index in [2.05, 4.69) is 15.3 Å². The minimum Gasteiger partial charge on any atom is -0.476 e. The summed E-state index contributed by atoms with van der Waals surface area (Å²) >= 11 is 0. The molecule has 5 heteroatoms. The van der Waals surface area contributed by atoms with Crippen LogP contribution in [0.4, 0.5) is 11.5 Å². The smallest absolute Gasteiger partial charge is 0.356 e. The van der Waals surface area contributed by atoms with Gasteiger partial charge in [0.25, 0.3) is 0 Å². The Kier molecular flexibility index (Phi) is 3.00. The number of nitrogens with zero attached hydrogens (tertiary/aromatic N) is 2. The number of nitrogens with one attached hydrogen (secondary N) is 1. The van der Waals surface area contributed by atoms with E-state index >= 15 is 0 Å². The lowest BCUT2D eigenvalue weighted by Gasteiger charge is -2.08. The van der Waals surface area contributed by atoms with E-state index in [1.807, 2.05) is 31.2 Å². The molecule has 1 aromatic carbocycles. The molecule has 0 saturated carbocycles. The van der Waals surface area contributed by atoms with Gasteiger partial charge in [-0.15, -0.1) is 0 Å². The highest BCUT2D eigenvalue weighted by Gasteiger charge is 2.06. The van der Waals surface area contributed by atoms with Crippen molar-refractivity contribution >= 4 is 17.5 Å². The molecule has 0 aliphatic rings. The van der Waals surface area contributed by atoms with E-state index in [0.29, 0.717) is 5.82 Å². The van der Waals surface area contributed by atoms with Gasteiger partial charge in [-0.3, -0.25) is 4.98 Å². The number of para-hydroxylation sites is 1. The molecule has 0 bridgehead atoms. The SMILES string of the molecule is Cc1ccccc1Nc1cncc(C(=O)O)n1. The Morgan fingerprint density at radius 2 is 2.06 bits per heavy atom. The number of aromatic carboxylic acids is 1. The normalized spacial score (nSPS) is 9.94. The minimum atomic E-state index is -1.09. The fourth-order valence-electron chi connectivity index (χ4n) is 1.38. The first-order chi connectivity index (χ1) is 8.16. The van der Waals surface area contributed by atoms with E-state index in [1.165, 1.54) is 12.4 Å². The number of benzene rings is 1. The molecule has 5 nitrogen and oxygen atoms in total. The standard InChI is InChI=1S/C12H11N3O2/c1-8-4-2-3-5-9(8)14-11-7-13-6-10(15-11)12(16)17/h2-7H,1H3,(H,14,15)(H,16,17). The molecule has 0 aliphatic heterocycles. The predicted octanol–water partition coefficient (Wildman–Crippen LogP) is 2.23. The highest BCUT2D eigenvalue weighted by Crippen LogP contribution is 2.17. The molecule has 0 atom stereocenters. The zero-order valence-corrected chi connectivity index (χ0v) is 9.21. The molecule has 1 heterocycles. The number of carbonyl (C=O) groups is 1. The molecule has 2 rings (SSSR count). The van der Waals surface area contributed by atoms with Crippen molar-refractivity contribution in [1.82, 2.24) is 9.97 Å². The van der Waals surface area contributed by atoms with Crippen LogP contribution in [0.5, 0.6) is 0 Å². The summed E-state index contributed by atoms with van der Waals surface area (Å²) in [6.45, 7) is 1.96. The van der Waals surface area contributed by atoms with E-state index in [0.717, 1.165) is 11.3 Å². The number of rotatable bonds is 3. The monoisotopic (exact) mass is 229 g/mol. The lowest BCUT2D eigenvalue weighted by atomic mass is 10.2. The lowest BCUT2D eigenvalue weighted by Crippen LogP contribution is -2.04. The molecular formula is C12H11N3O2. The van der Waals surface area contributed by atoms with E-state index in [-0.39, 0.29) is 5.69 Å². The maximum atomic E-state index is 10.7. The highest BCUT2D eigenvalue weighted by molar-refractivity contribution is 5.85. The van der Waals surface area contributed by atoms with Crippen LogP contribution < -0.4 is 5.32 Å². The quantitative estimate of drug-likeness (QED) is 0.844. The van der Waals surface area contributed by atoms with Crippen LogP contribution in [0.2, 0.25) is 0 Å². The van der Waals surface area contributed by atoms with Gasteiger partial charge in [-0.25, -0.2) is 9.78 Å². The van der Waals surface area contributed by atoms with Crippen molar-refractivity contribution in [1.29, 1.82) is 0 Å². The van der Waals surface area contributed by atoms with Gasteiger partial charge in [0.1, 0.15) is 5.82 Å². The summed E-state index contributed by atoms with van der Waals surface area (Å²) in [5, 5.41) is 11.8. The van der Waals surface area contributed by atoms with Crippen LogP contribution in [-0.2, 0) is 0 Å². The minimum absolute atomic E-state index is 0.0800. The number of carboxylic acid groups (broad SMARTS) is 1. The Morgan fingerprint density at radius 1 is 1.29 bits per heavy atom. The van der Waals surface area contributed by atoms with Gasteiger partial charge in [-0.1, -0.05) is 18.2 Å². The summed E-state index contributed by atoms with van der Waals surface area (Å²) in [7, 11) is 0. The van der Waals surface area contributed by atoms with Crippen molar-refractivity contribution in [2.45, 2.75) is 6.92 Å². The third-order valence-electron chi connectivity index (χ3n) is 2.26. The average molecular weight is 229 g/mol. The molecule has 0 radical (unpaired) electrons. The summed E-state index contributed by atoms with van der Waals surface area (Å²) in [6.07, 6.45) is 2.70. The molecule has 17 heavy (non-hydrogen) atoms. The lowest BCUT2D eigenvalue weighted by molar-refractivity contribution is 0.0690. The fraction of sp³-hybridized carbons (Fsp3) is 0.0833. The molecule has 0 fully saturated rings. The first kappa shape index (κ1) is 11.1. The van der Waals surface area contributed by atoms with Gasteiger partial charge in [0.2, 0.25) is 0 Å². The Labute approximate surface area is 98.2 Å². The summed E-state index contributed by atoms with van der Waals surface area (Å²) in [5.41, 5.74) is 1.85. The highest BCUT2D eigenvalue weighted by atomic mass is 16.4. The Hall–Kier alpha value is -2.43. The van der Waals surface area contributed by atoms with Crippen LogP contribution in [0.3, 0.4) is 0 Å². The van der Waals surface area contributed by atoms with Gasteiger partial charge in [-0.2, -0.15) is 0 Å². The number of aromatic nitrogens is 2. The van der Waals surface area contributed by atoms with Crippen LogP contribution in [0.1, 0.15) is 16.1 Å². The van der Waals surface area contributed by atoms with Crippen molar-refractivity contribution < 1.29 is 9.90 Å². The van der Waals surface area contributed by atoms with Crippen molar-refractivity contribution in [3.63, 3.8) is 0 Å². The number of hydrogen-bond acceptors (Lipinski definition) is 4. The van der Waals surface area contributed by atoms with Crippen LogP contribution in [0, 0.1) is 6.92 Å². The molecule has 2 aromatic rings. The first-order valence-electron chi connectivity index (χ1n) is 5.05. The zero-order chi connectivity index (χ0) is 12.3. The van der Waals surface area contributed by atoms with E-state index in [9.17, 15) is 4.79 Å². The van der Waals surface area contributed by atoms with Crippen molar-refractivity contribution in [2.24, 2.45) is 0 Å². The first-order valence-corrected chi connectivity index (χ1v) is 5.05. The molecule has 2 N–H and O–H groups in total. The maximum absolute atomic E-state index is 10.7. The van der Waals surface area contributed by atoms with Crippen molar-refractivity contribution in [2.75, 3.05) is 5.32 Å². The van der Waals surface area contributed by atoms with Gasteiger partial charge in [0, 0.05) is 5.69 Å². The summed E-state index contributed by atoms with van der Waals surface area (Å²) in [6, 6.07) is 7.67. The van der Waals surface area contributed by atoms with Crippen LogP contribution in [0.15, 0.2) is 36.7 Å². The molecular weight excluding hydrogens is 218 g/mol. The summed E-state index contributed by atoms with van der Waals surface area (Å²) < 4.78 is 0. The number of hydrogen-bond donors (Lipinski definition) is 2. The van der Waals surface area contributed by atoms with Gasteiger partial charge in [-0.05, 0) is 18.6 Å². The largest absolute Gasteiger partial charge is 0.476 e. The van der Waals surface area contributed by atoms with Gasteiger partial charge < -0.3 is 10.4 Å². The molecule has 0 amide bonds. The second kappa shape index (κ2) is 4.61. The zero-order valence-electron chi connectivity index (χ0n) is 9.21. The van der Waals surface area contributed by atoms with Crippen LogP contribution in [-0.4, -0.2) is 21.0 Å². The second-order valence-electron chi connectivity index (χ2n) is 3.53. The average Bonchev–Trinajstić information content (AvgIpc) is 2.32. The van der Waals surface area contributed by atoms with E-state index in [4.69, 9.17) is 5.11 Å². The van der Waals surface area contributed by atoms with E-state index < -0.39 is 5.97 Å². The molecule has 0 spiro atoms. The van der Waals surface area contributed by atoms with Gasteiger partial charge in [0.05, 0.1) is 12.4 Å². The third-order valence-corrected chi connectivity index (χ3v) is 2.26. The third kappa shape index (κ3) is 2.57. The topological polar surface area (TPSA) is 75.1 Å². The molecule has 0 saturated heterocycles. The van der Waals surface area contributed by atoms with Crippen molar-refractivity contribution in [3.8, 4) is 0 Å². The Morgan fingerprint density at radius 3 is 2.76 bits per heavy atom. The van der Waals surface area contributed by atoms with Crippen LogP contribution in [0.25, 0.3) is 0 Å². The number of anilines is 2. The van der Waals surface area contributed by atoms with Gasteiger partial charge in [0.15, 0.2) is 5.69 Å².